The maximum Gasteiger partial charge on any atom is 0.277 e. The van der Waals surface area contributed by atoms with Crippen molar-refractivity contribution in [3.05, 3.63) is 69.7 Å². The van der Waals surface area contributed by atoms with Gasteiger partial charge in [-0.2, -0.15) is 5.10 Å². The van der Waals surface area contributed by atoms with E-state index in [4.69, 9.17) is 4.74 Å². The Balaban J connectivity index is 1.66. The summed E-state index contributed by atoms with van der Waals surface area (Å²) in [6.45, 7) is 3.75. The lowest BCUT2D eigenvalue weighted by molar-refractivity contribution is -0.123. The average Bonchev–Trinajstić information content (AvgIpc) is 2.62. The van der Waals surface area contributed by atoms with Gasteiger partial charge >= 0.3 is 0 Å². The minimum atomic E-state index is -0.391. The Morgan fingerprint density at radius 3 is 2.78 bits per heavy atom. The van der Waals surface area contributed by atoms with Crippen molar-refractivity contribution in [3.63, 3.8) is 0 Å². The van der Waals surface area contributed by atoms with Gasteiger partial charge in [0.15, 0.2) is 6.61 Å². The maximum absolute atomic E-state index is 12.0. The van der Waals surface area contributed by atoms with Crippen LogP contribution in [0.5, 0.6) is 11.5 Å². The van der Waals surface area contributed by atoms with Crippen LogP contribution in [-0.2, 0) is 4.79 Å². The average molecular weight is 427 g/mol. The number of ether oxygens (including phenoxy) is 1. The molecule has 3 aromatic carbocycles. The van der Waals surface area contributed by atoms with E-state index < -0.39 is 5.91 Å². The molecule has 0 radical (unpaired) electrons. The highest BCUT2D eigenvalue weighted by Gasteiger charge is 2.09. The summed E-state index contributed by atoms with van der Waals surface area (Å²) >= 11 is 3.45. The van der Waals surface area contributed by atoms with Crippen LogP contribution in [0.3, 0.4) is 0 Å². The number of aryl methyl sites for hydroxylation is 2. The number of carbonyl (C=O) groups excluding carboxylic acids is 1. The van der Waals surface area contributed by atoms with Gasteiger partial charge in [0, 0.05) is 5.56 Å². The second-order valence-electron chi connectivity index (χ2n) is 6.19. The summed E-state index contributed by atoms with van der Waals surface area (Å²) in [4.78, 5) is 12.0. The molecule has 0 bridgehead atoms. The van der Waals surface area contributed by atoms with E-state index in [1.54, 1.807) is 6.07 Å². The highest BCUT2D eigenvalue weighted by atomic mass is 79.9. The number of fused-ring (bicyclic) bond motifs is 1. The minimum absolute atomic E-state index is 0.0992. The molecule has 2 N–H and O–H groups in total. The fourth-order valence-electron chi connectivity index (χ4n) is 2.84. The lowest BCUT2D eigenvalue weighted by Crippen LogP contribution is -2.24. The Hall–Kier alpha value is -2.86. The standard InChI is InChI=1S/C21H19BrN2O3/c1-13-9-14(2)21(18(22)10-13)27-12-20(26)24-23-11-17-16-6-4-3-5-15(16)7-8-19(17)25/h3-11,25H,12H2,1-2H3,(H,24,26)/b23-11-. The molecule has 0 heterocycles. The predicted octanol–water partition coefficient (Wildman–Crippen LogP) is 4.45. The molecule has 5 nitrogen and oxygen atoms in total. The van der Waals surface area contributed by atoms with Crippen molar-refractivity contribution >= 4 is 38.8 Å². The van der Waals surface area contributed by atoms with E-state index in [0.717, 1.165) is 26.4 Å². The lowest BCUT2D eigenvalue weighted by Gasteiger charge is -2.11. The number of phenolic OH excluding ortho intramolecular Hbond substituents is 1. The molecule has 0 unspecified atom stereocenters. The molecule has 0 spiro atoms. The zero-order valence-corrected chi connectivity index (χ0v) is 16.6. The molecule has 1 amide bonds. The Morgan fingerprint density at radius 1 is 1.22 bits per heavy atom. The summed E-state index contributed by atoms with van der Waals surface area (Å²) in [5.41, 5.74) is 5.02. The number of rotatable bonds is 5. The van der Waals surface area contributed by atoms with Crippen LogP contribution in [0, 0.1) is 13.8 Å². The molecule has 0 aliphatic carbocycles. The number of carbonyl (C=O) groups is 1. The Morgan fingerprint density at radius 2 is 2.00 bits per heavy atom. The van der Waals surface area contributed by atoms with Crippen LogP contribution in [-0.4, -0.2) is 23.8 Å². The van der Waals surface area contributed by atoms with Gasteiger partial charge in [0.1, 0.15) is 11.5 Å². The van der Waals surface area contributed by atoms with Crippen molar-refractivity contribution in [1.82, 2.24) is 5.43 Å². The molecular weight excluding hydrogens is 408 g/mol. The number of nitrogens with zero attached hydrogens (tertiary/aromatic N) is 1. The van der Waals surface area contributed by atoms with Crippen molar-refractivity contribution in [1.29, 1.82) is 0 Å². The number of benzene rings is 3. The Labute approximate surface area is 165 Å². The maximum atomic E-state index is 12.0. The van der Waals surface area contributed by atoms with Crippen molar-refractivity contribution in [2.24, 2.45) is 5.10 Å². The number of nitrogens with one attached hydrogen (secondary N) is 1. The van der Waals surface area contributed by atoms with E-state index in [0.29, 0.717) is 11.3 Å². The van der Waals surface area contributed by atoms with Crippen molar-refractivity contribution in [3.8, 4) is 11.5 Å². The van der Waals surface area contributed by atoms with Crippen molar-refractivity contribution < 1.29 is 14.6 Å². The third kappa shape index (κ3) is 4.46. The highest BCUT2D eigenvalue weighted by molar-refractivity contribution is 9.10. The van der Waals surface area contributed by atoms with E-state index in [1.165, 1.54) is 6.21 Å². The monoisotopic (exact) mass is 426 g/mol. The summed E-state index contributed by atoms with van der Waals surface area (Å²) in [5.74, 6) is 0.339. The molecule has 0 saturated heterocycles. The minimum Gasteiger partial charge on any atom is -0.507 e. The molecule has 0 aliphatic heterocycles. The smallest absolute Gasteiger partial charge is 0.277 e. The highest BCUT2D eigenvalue weighted by Crippen LogP contribution is 2.30. The number of aromatic hydroxyl groups is 1. The first-order chi connectivity index (χ1) is 13.0. The molecule has 0 aliphatic rings. The number of hydrogen-bond donors (Lipinski definition) is 2. The molecule has 0 saturated carbocycles. The molecular formula is C21H19BrN2O3. The fourth-order valence-corrected chi connectivity index (χ4v) is 3.63. The van der Waals surface area contributed by atoms with Gasteiger partial charge in [0.2, 0.25) is 0 Å². The van der Waals surface area contributed by atoms with Crippen molar-refractivity contribution in [2.75, 3.05) is 6.61 Å². The van der Waals surface area contributed by atoms with E-state index in [-0.39, 0.29) is 12.4 Å². The quantitative estimate of drug-likeness (QED) is 0.467. The first kappa shape index (κ1) is 18.9. The van der Waals surface area contributed by atoms with Crippen LogP contribution in [0.2, 0.25) is 0 Å². The van der Waals surface area contributed by atoms with E-state index in [2.05, 4.69) is 26.5 Å². The summed E-state index contributed by atoms with van der Waals surface area (Å²) < 4.78 is 6.40. The molecule has 6 heteroatoms. The normalized spacial score (nSPS) is 11.1. The molecule has 138 valence electrons. The predicted molar refractivity (Wildman–Crippen MR) is 110 cm³/mol. The molecule has 3 aromatic rings. The molecule has 3 rings (SSSR count). The Kier molecular flexibility index (Phi) is 5.76. The van der Waals surface area contributed by atoms with E-state index in [1.807, 2.05) is 56.3 Å². The van der Waals surface area contributed by atoms with Gasteiger partial charge in [-0.05, 0) is 63.8 Å². The van der Waals surface area contributed by atoms with Crippen LogP contribution in [0.25, 0.3) is 10.8 Å². The zero-order chi connectivity index (χ0) is 19.4. The summed E-state index contributed by atoms with van der Waals surface area (Å²) in [7, 11) is 0. The third-order valence-electron chi connectivity index (χ3n) is 4.05. The molecule has 0 atom stereocenters. The molecule has 27 heavy (non-hydrogen) atoms. The van der Waals surface area contributed by atoms with Crippen molar-refractivity contribution in [2.45, 2.75) is 13.8 Å². The topological polar surface area (TPSA) is 70.9 Å². The van der Waals surface area contributed by atoms with Gasteiger partial charge < -0.3 is 9.84 Å². The zero-order valence-electron chi connectivity index (χ0n) is 15.0. The van der Waals surface area contributed by atoms with Gasteiger partial charge in [-0.15, -0.1) is 0 Å². The summed E-state index contributed by atoms with van der Waals surface area (Å²) in [5, 5.41) is 15.9. The van der Waals surface area contributed by atoms with Crippen LogP contribution < -0.4 is 10.2 Å². The first-order valence-corrected chi connectivity index (χ1v) is 9.17. The molecule has 0 fully saturated rings. The fraction of sp³-hybridized carbons (Fsp3) is 0.143. The van der Waals surface area contributed by atoms with Gasteiger partial charge in [-0.1, -0.05) is 36.4 Å². The van der Waals surface area contributed by atoms with Gasteiger partial charge in [-0.25, -0.2) is 5.43 Å². The second-order valence-corrected chi connectivity index (χ2v) is 7.05. The Bertz CT molecular complexity index is 1010. The summed E-state index contributed by atoms with van der Waals surface area (Å²) in [6.07, 6.45) is 1.43. The van der Waals surface area contributed by atoms with E-state index >= 15 is 0 Å². The van der Waals surface area contributed by atoms with Crippen LogP contribution in [0.15, 0.2) is 58.1 Å². The van der Waals surface area contributed by atoms with Gasteiger partial charge in [0.25, 0.3) is 5.91 Å². The number of hydrazone groups is 1. The second kappa shape index (κ2) is 8.22. The van der Waals surface area contributed by atoms with Crippen LogP contribution in [0.4, 0.5) is 0 Å². The largest absolute Gasteiger partial charge is 0.507 e. The third-order valence-corrected chi connectivity index (χ3v) is 4.64. The number of hydrogen-bond acceptors (Lipinski definition) is 4. The number of halogens is 1. The van der Waals surface area contributed by atoms with Gasteiger partial charge in [0.05, 0.1) is 10.7 Å². The molecule has 0 aromatic heterocycles. The van der Waals surface area contributed by atoms with Gasteiger partial charge in [-0.3, -0.25) is 4.79 Å². The SMILES string of the molecule is Cc1cc(C)c(OCC(=O)N/N=C\c2c(O)ccc3ccccc23)c(Br)c1. The van der Waals surface area contributed by atoms with E-state index in [9.17, 15) is 9.90 Å². The van der Waals surface area contributed by atoms with Crippen LogP contribution >= 0.6 is 15.9 Å². The lowest BCUT2D eigenvalue weighted by atomic mass is 10.0. The van der Waals surface area contributed by atoms with Crippen LogP contribution in [0.1, 0.15) is 16.7 Å². The number of amides is 1. The number of phenols is 1. The summed E-state index contributed by atoms with van der Waals surface area (Å²) in [6, 6.07) is 15.0. The first-order valence-electron chi connectivity index (χ1n) is 8.38.